The van der Waals surface area contributed by atoms with Crippen LogP contribution in [0.3, 0.4) is 0 Å². The van der Waals surface area contributed by atoms with E-state index in [2.05, 4.69) is 21.2 Å². The number of carbonyl (C=O) groups is 2. The second kappa shape index (κ2) is 16.2. The molecule has 15 heteroatoms. The van der Waals surface area contributed by atoms with Crippen molar-refractivity contribution in [1.29, 1.82) is 0 Å². The van der Waals surface area contributed by atoms with Crippen molar-refractivity contribution in [3.05, 3.63) is 121 Å². The largest absolute Gasteiger partial charge is 0.507 e. The molecule has 55 heavy (non-hydrogen) atoms. The minimum atomic E-state index is -4.97. The molecule has 1 aromatic heterocycles. The fourth-order valence-corrected chi connectivity index (χ4v) is 7.41. The van der Waals surface area contributed by atoms with E-state index >= 15 is 8.78 Å². The third-order valence-corrected chi connectivity index (χ3v) is 10.4. The molecule has 2 atom stereocenters. The summed E-state index contributed by atoms with van der Waals surface area (Å²) in [5.74, 6) is -3.94. The van der Waals surface area contributed by atoms with Gasteiger partial charge in [-0.2, -0.15) is 13.2 Å². The molecule has 2 N–H and O–H groups in total. The number of hydrogen-bond acceptors (Lipinski definition) is 6. The minimum absolute atomic E-state index is 0.0147. The maximum Gasteiger partial charge on any atom is 0.416 e. The zero-order valence-corrected chi connectivity index (χ0v) is 31.4. The molecule has 0 radical (unpaired) electrons. The number of alkyl halides is 4. The Kier molecular flexibility index (Phi) is 11.8. The molecular weight excluding hydrogens is 796 g/mol. The number of phenols is 1. The van der Waals surface area contributed by atoms with Gasteiger partial charge >= 0.3 is 12.1 Å². The standard InChI is InChI=1S/C40H38BrF6N3O5/c1-3-55-35(53)17-32(29-14-24(13-27(37(29)44)22-7-8-22)36-21(2)5-4-6-33(36)51)48-39(54)38(28-15-25(41)9-10-31(28)43)50-18-23(11-12-49-19-26(42)20-49)30(16-34(50)52)40(45,46)47/h4-6,9-10,13-16,18,22,26,32,38,51H,3,7-8,11-12,17,19-20H2,1-2H3,(H,48,54)/t32-,38?/m0/s1. The van der Waals surface area contributed by atoms with E-state index in [9.17, 15) is 37.1 Å². The van der Waals surface area contributed by atoms with Crippen molar-refractivity contribution < 1.29 is 45.8 Å². The number of phenolic OH excluding ortho intramolecular Hbond substituents is 1. The molecule has 2 fully saturated rings. The lowest BCUT2D eigenvalue weighted by Crippen LogP contribution is -2.49. The van der Waals surface area contributed by atoms with E-state index in [1.165, 1.54) is 24.3 Å². The normalized spacial score (nSPS) is 16.0. The monoisotopic (exact) mass is 833 g/mol. The molecule has 1 aliphatic heterocycles. The molecule has 1 unspecified atom stereocenters. The van der Waals surface area contributed by atoms with Gasteiger partial charge in [0.25, 0.3) is 5.56 Å². The summed E-state index contributed by atoms with van der Waals surface area (Å²) in [4.78, 5) is 42.8. The Balaban J connectivity index is 1.49. The first-order valence-corrected chi connectivity index (χ1v) is 18.6. The number of esters is 1. The minimum Gasteiger partial charge on any atom is -0.507 e. The fraction of sp³-hybridized carbons (Fsp3) is 0.375. The Labute approximate surface area is 321 Å². The zero-order chi connectivity index (χ0) is 39.8. The molecule has 8 nitrogen and oxygen atoms in total. The SMILES string of the molecule is CCOC(=O)C[C@H](NC(=O)C(c1cc(Br)ccc1F)n1cc(CCN2CC(F)C2)c(C(F)(F)F)cc1=O)c1cc(-c2c(C)cccc2O)cc(C2CC2)c1F. The van der Waals surface area contributed by atoms with Crippen molar-refractivity contribution in [3.63, 3.8) is 0 Å². The maximum absolute atomic E-state index is 16.6. The van der Waals surface area contributed by atoms with Crippen LogP contribution in [0.25, 0.3) is 11.1 Å². The number of likely N-dealkylation sites (tertiary alicyclic amines) is 1. The topological polar surface area (TPSA) is 101 Å². The van der Waals surface area contributed by atoms with Gasteiger partial charge in [-0.1, -0.05) is 28.1 Å². The van der Waals surface area contributed by atoms with Crippen LogP contribution < -0.4 is 10.9 Å². The summed E-state index contributed by atoms with van der Waals surface area (Å²) in [5.41, 5.74) is -1.76. The molecule has 292 valence electrons. The predicted molar refractivity (Wildman–Crippen MR) is 195 cm³/mol. The van der Waals surface area contributed by atoms with Gasteiger partial charge in [-0.3, -0.25) is 23.9 Å². The van der Waals surface area contributed by atoms with Crippen LogP contribution in [0.5, 0.6) is 5.75 Å². The number of hydrogen-bond donors (Lipinski definition) is 2. The highest BCUT2D eigenvalue weighted by atomic mass is 79.9. The van der Waals surface area contributed by atoms with Gasteiger partial charge in [-0.15, -0.1) is 0 Å². The first-order chi connectivity index (χ1) is 26.0. The third kappa shape index (κ3) is 8.93. The number of pyridine rings is 1. The van der Waals surface area contributed by atoms with Crippen molar-refractivity contribution in [2.24, 2.45) is 0 Å². The quantitative estimate of drug-likeness (QED) is 0.105. The summed E-state index contributed by atoms with van der Waals surface area (Å²) in [6.45, 7) is 3.33. The highest BCUT2D eigenvalue weighted by molar-refractivity contribution is 9.10. The van der Waals surface area contributed by atoms with Gasteiger partial charge in [-0.25, -0.2) is 13.2 Å². The number of aryl methyl sites for hydroxylation is 1. The molecule has 2 aliphatic rings. The average Bonchev–Trinajstić information content (AvgIpc) is 3.94. The summed E-state index contributed by atoms with van der Waals surface area (Å²) < 4.78 is 94.7. The van der Waals surface area contributed by atoms with E-state index in [4.69, 9.17) is 4.74 Å². The van der Waals surface area contributed by atoms with Crippen molar-refractivity contribution in [2.45, 2.75) is 69.9 Å². The van der Waals surface area contributed by atoms with Gasteiger partial charge in [0, 0.05) is 53.1 Å². The molecule has 1 saturated heterocycles. The second-order valence-electron chi connectivity index (χ2n) is 13.9. The van der Waals surface area contributed by atoms with Crippen molar-refractivity contribution >= 4 is 27.8 Å². The fourth-order valence-electron chi connectivity index (χ4n) is 7.03. The van der Waals surface area contributed by atoms with E-state index in [0.717, 1.165) is 12.3 Å². The molecule has 1 aliphatic carbocycles. The summed E-state index contributed by atoms with van der Waals surface area (Å²) in [6.07, 6.45) is -4.79. The Morgan fingerprint density at radius 2 is 1.78 bits per heavy atom. The predicted octanol–water partition coefficient (Wildman–Crippen LogP) is 8.06. The Hall–Kier alpha value is -4.63. The number of aromatic hydroxyl groups is 1. The first kappa shape index (κ1) is 40.0. The van der Waals surface area contributed by atoms with Crippen LogP contribution in [0.15, 0.2) is 70.1 Å². The van der Waals surface area contributed by atoms with Gasteiger partial charge < -0.3 is 15.2 Å². The van der Waals surface area contributed by atoms with Crippen molar-refractivity contribution in [3.8, 4) is 16.9 Å². The number of amides is 1. The Bertz CT molecular complexity index is 2150. The van der Waals surface area contributed by atoms with Crippen molar-refractivity contribution in [1.82, 2.24) is 14.8 Å². The lowest BCUT2D eigenvalue weighted by Gasteiger charge is -2.34. The number of ether oxygens (including phenoxy) is 1. The van der Waals surface area contributed by atoms with Gasteiger partial charge in [-0.05, 0) is 97.7 Å². The van der Waals surface area contributed by atoms with E-state index in [1.807, 2.05) is 0 Å². The molecule has 6 rings (SSSR count). The Morgan fingerprint density at radius 1 is 1.05 bits per heavy atom. The highest BCUT2D eigenvalue weighted by Crippen LogP contribution is 2.46. The summed E-state index contributed by atoms with van der Waals surface area (Å²) >= 11 is 3.23. The lowest BCUT2D eigenvalue weighted by molar-refractivity contribution is -0.144. The lowest BCUT2D eigenvalue weighted by atomic mass is 9.90. The van der Waals surface area contributed by atoms with Crippen LogP contribution in [0.4, 0.5) is 26.3 Å². The van der Waals surface area contributed by atoms with Crippen LogP contribution in [-0.4, -0.2) is 58.9 Å². The van der Waals surface area contributed by atoms with E-state index in [1.54, 1.807) is 36.9 Å². The van der Waals surface area contributed by atoms with E-state index in [0.29, 0.717) is 40.2 Å². The smallest absolute Gasteiger partial charge is 0.416 e. The van der Waals surface area contributed by atoms with Gasteiger partial charge in [0.2, 0.25) is 5.91 Å². The number of carbonyl (C=O) groups excluding carboxylic acids is 2. The number of nitrogens with one attached hydrogen (secondary N) is 1. The molecule has 3 aromatic carbocycles. The van der Waals surface area contributed by atoms with Crippen LogP contribution in [0.1, 0.15) is 77.6 Å². The molecule has 0 spiro atoms. The molecule has 1 amide bonds. The Morgan fingerprint density at radius 3 is 2.42 bits per heavy atom. The number of benzene rings is 3. The van der Waals surface area contributed by atoms with Crippen LogP contribution in [0.2, 0.25) is 0 Å². The first-order valence-electron chi connectivity index (χ1n) is 17.8. The van der Waals surface area contributed by atoms with Crippen LogP contribution >= 0.6 is 15.9 Å². The number of nitrogens with zero attached hydrogens (tertiary/aromatic N) is 2. The summed E-state index contributed by atoms with van der Waals surface area (Å²) in [6, 6.07) is 8.27. The van der Waals surface area contributed by atoms with E-state index < -0.39 is 76.6 Å². The van der Waals surface area contributed by atoms with Gasteiger partial charge in [0.1, 0.15) is 29.6 Å². The zero-order valence-electron chi connectivity index (χ0n) is 29.9. The van der Waals surface area contributed by atoms with Gasteiger partial charge in [0.15, 0.2) is 0 Å². The summed E-state index contributed by atoms with van der Waals surface area (Å²) in [7, 11) is 0. The highest BCUT2D eigenvalue weighted by Gasteiger charge is 2.38. The number of halogens is 7. The number of aromatic nitrogens is 1. The molecule has 0 bridgehead atoms. The molecule has 1 saturated carbocycles. The van der Waals surface area contributed by atoms with Gasteiger partial charge in [0.05, 0.1) is 24.6 Å². The average molecular weight is 835 g/mol. The molecular formula is C40H38BrF6N3O5. The number of rotatable bonds is 13. The summed E-state index contributed by atoms with van der Waals surface area (Å²) in [5, 5.41) is 13.4. The molecule has 4 aromatic rings. The van der Waals surface area contributed by atoms with Crippen molar-refractivity contribution in [2.75, 3.05) is 26.2 Å². The van der Waals surface area contributed by atoms with Crippen LogP contribution in [0, 0.1) is 18.6 Å². The second-order valence-corrected chi connectivity index (χ2v) is 14.8. The third-order valence-electron chi connectivity index (χ3n) is 9.91. The maximum atomic E-state index is 16.6. The van der Waals surface area contributed by atoms with E-state index in [-0.39, 0.29) is 59.9 Å². The molecule has 2 heterocycles. The van der Waals surface area contributed by atoms with Crippen LogP contribution in [-0.2, 0) is 26.9 Å².